The van der Waals surface area contributed by atoms with Crippen LogP contribution in [0.2, 0.25) is 0 Å². The van der Waals surface area contributed by atoms with Crippen molar-refractivity contribution < 1.29 is 4.84 Å². The fraction of sp³-hybridized carbons (Fsp3) is 0.857. The van der Waals surface area contributed by atoms with Crippen LogP contribution in [0.1, 0.15) is 27.2 Å². The normalized spacial score (nSPS) is 30.0. The number of hydrazine groups is 2. The summed E-state index contributed by atoms with van der Waals surface area (Å²) >= 11 is 4.81. The van der Waals surface area contributed by atoms with Crippen LogP contribution < -0.4 is 27.6 Å². The van der Waals surface area contributed by atoms with E-state index in [9.17, 15) is 0 Å². The van der Waals surface area contributed by atoms with Crippen LogP contribution in [0.4, 0.5) is 0 Å². The van der Waals surface area contributed by atoms with Gasteiger partial charge in [0.2, 0.25) is 0 Å². The zero-order valence-corrected chi connectivity index (χ0v) is 9.42. The van der Waals surface area contributed by atoms with E-state index in [2.05, 4.69) is 35.6 Å². The number of rotatable bonds is 2. The van der Waals surface area contributed by atoms with Gasteiger partial charge in [-0.25, -0.2) is 11.3 Å². The molecule has 0 aromatic carbocycles. The third kappa shape index (κ3) is 3.03. The van der Waals surface area contributed by atoms with Gasteiger partial charge in [0, 0.05) is 12.0 Å². The van der Waals surface area contributed by atoms with Gasteiger partial charge in [0.1, 0.15) is 0 Å². The lowest BCUT2D eigenvalue weighted by molar-refractivity contribution is -0.0736. The second kappa shape index (κ2) is 3.95. The predicted molar refractivity (Wildman–Crippen MR) is 57.5 cm³/mol. The molecular weight excluding hydrogens is 202 g/mol. The molecule has 1 aliphatic rings. The van der Waals surface area contributed by atoms with Crippen molar-refractivity contribution in [2.24, 2.45) is 5.84 Å². The Morgan fingerprint density at radius 1 is 1.50 bits per heavy atom. The molecule has 14 heavy (non-hydrogen) atoms. The summed E-state index contributed by atoms with van der Waals surface area (Å²) < 4.78 is 0. The average molecular weight is 219 g/mol. The van der Waals surface area contributed by atoms with E-state index in [-0.39, 0.29) is 5.54 Å². The topological polar surface area (TPSA) is 83.4 Å². The lowest BCUT2D eigenvalue weighted by Gasteiger charge is -2.24. The third-order valence-electron chi connectivity index (χ3n) is 1.90. The monoisotopic (exact) mass is 219 g/mol. The van der Waals surface area contributed by atoms with E-state index >= 15 is 0 Å². The summed E-state index contributed by atoms with van der Waals surface area (Å²) in [6.07, 6.45) is 0.806. The molecule has 1 atom stereocenters. The van der Waals surface area contributed by atoms with Gasteiger partial charge >= 0.3 is 0 Å². The number of hydroxylamine groups is 1. The molecule has 7 heteroatoms. The molecule has 1 unspecified atom stereocenters. The maximum Gasteiger partial charge on any atom is 0.195 e. The standard InChI is InChI=1S/C7H17N5OS/c1-6(2)4-7(3,13-12-6)11-10-5(14)9-8/h11-12H,4,8H2,1-3H3,(H2,9,10,14). The minimum atomic E-state index is -0.496. The Hall–Kier alpha value is -0.470. The summed E-state index contributed by atoms with van der Waals surface area (Å²) in [5.74, 6) is 5.10. The van der Waals surface area contributed by atoms with Gasteiger partial charge in [0.15, 0.2) is 10.8 Å². The molecule has 0 spiro atoms. The van der Waals surface area contributed by atoms with Gasteiger partial charge in [-0.2, -0.15) is 5.48 Å². The first kappa shape index (κ1) is 11.6. The Kier molecular flexibility index (Phi) is 3.28. The summed E-state index contributed by atoms with van der Waals surface area (Å²) in [5, 5.41) is 0.319. The van der Waals surface area contributed by atoms with Crippen LogP contribution in [-0.2, 0) is 4.84 Å². The molecule has 1 fully saturated rings. The quantitative estimate of drug-likeness (QED) is 0.237. The minimum absolute atomic E-state index is 0.0544. The predicted octanol–water partition coefficient (Wildman–Crippen LogP) is -0.751. The van der Waals surface area contributed by atoms with Crippen LogP contribution in [0.15, 0.2) is 0 Å². The molecule has 1 saturated heterocycles. The lowest BCUT2D eigenvalue weighted by atomic mass is 9.97. The second-order valence-electron chi connectivity index (χ2n) is 4.22. The molecule has 0 amide bonds. The maximum atomic E-state index is 5.40. The van der Waals surface area contributed by atoms with Crippen molar-refractivity contribution in [3.63, 3.8) is 0 Å². The molecule has 0 bridgehead atoms. The number of hydrogen-bond donors (Lipinski definition) is 5. The van der Waals surface area contributed by atoms with E-state index in [1.807, 2.05) is 6.92 Å². The first-order valence-corrected chi connectivity index (χ1v) is 4.77. The summed E-state index contributed by atoms with van der Waals surface area (Å²) in [7, 11) is 0. The summed E-state index contributed by atoms with van der Waals surface area (Å²) in [5.41, 5.74) is 10.4. The molecule has 6 nitrogen and oxygen atoms in total. The first-order valence-electron chi connectivity index (χ1n) is 4.36. The molecule has 0 saturated carbocycles. The van der Waals surface area contributed by atoms with Crippen LogP contribution in [0.5, 0.6) is 0 Å². The minimum Gasteiger partial charge on any atom is -0.300 e. The average Bonchev–Trinajstić information content (AvgIpc) is 2.37. The van der Waals surface area contributed by atoms with Crippen molar-refractivity contribution in [1.29, 1.82) is 0 Å². The van der Waals surface area contributed by atoms with E-state index in [0.717, 1.165) is 6.42 Å². The van der Waals surface area contributed by atoms with Gasteiger partial charge in [0.05, 0.1) is 0 Å². The van der Waals surface area contributed by atoms with E-state index in [4.69, 9.17) is 22.9 Å². The van der Waals surface area contributed by atoms with Gasteiger partial charge < -0.3 is 0 Å². The molecule has 1 aliphatic heterocycles. The SMILES string of the molecule is CC1(C)CC(C)(NNC(=S)NN)ON1. The second-order valence-corrected chi connectivity index (χ2v) is 4.63. The van der Waals surface area contributed by atoms with Crippen molar-refractivity contribution in [2.75, 3.05) is 0 Å². The van der Waals surface area contributed by atoms with Crippen LogP contribution in [0.25, 0.3) is 0 Å². The fourth-order valence-corrected chi connectivity index (χ4v) is 1.51. The smallest absolute Gasteiger partial charge is 0.195 e. The highest BCUT2D eigenvalue weighted by atomic mass is 32.1. The molecule has 1 rings (SSSR count). The summed E-state index contributed by atoms with van der Waals surface area (Å²) in [6.45, 7) is 6.03. The largest absolute Gasteiger partial charge is 0.300 e. The number of hydrogen-bond acceptors (Lipinski definition) is 5. The van der Waals surface area contributed by atoms with Gasteiger partial charge in [-0.15, -0.1) is 0 Å². The van der Waals surface area contributed by atoms with Crippen LogP contribution in [0.3, 0.4) is 0 Å². The molecule has 0 aromatic rings. The summed E-state index contributed by atoms with van der Waals surface area (Å²) in [6, 6.07) is 0. The molecule has 0 aliphatic carbocycles. The Labute approximate surface area is 88.8 Å². The van der Waals surface area contributed by atoms with Crippen molar-refractivity contribution in [2.45, 2.75) is 38.5 Å². The number of nitrogens with two attached hydrogens (primary N) is 1. The number of nitrogens with one attached hydrogen (secondary N) is 4. The van der Waals surface area contributed by atoms with E-state index in [0.29, 0.717) is 5.11 Å². The summed E-state index contributed by atoms with van der Waals surface area (Å²) in [4.78, 5) is 5.40. The molecular formula is C7H17N5OS. The van der Waals surface area contributed by atoms with E-state index in [1.165, 1.54) is 0 Å². The molecule has 1 heterocycles. The lowest BCUT2D eigenvalue weighted by Crippen LogP contribution is -2.56. The third-order valence-corrected chi connectivity index (χ3v) is 2.12. The molecule has 0 radical (unpaired) electrons. The van der Waals surface area contributed by atoms with Crippen molar-refractivity contribution >= 4 is 17.3 Å². The van der Waals surface area contributed by atoms with Gasteiger partial charge in [-0.1, -0.05) is 0 Å². The fourth-order valence-electron chi connectivity index (χ4n) is 1.46. The molecule has 82 valence electrons. The van der Waals surface area contributed by atoms with E-state index in [1.54, 1.807) is 0 Å². The highest BCUT2D eigenvalue weighted by Crippen LogP contribution is 2.27. The van der Waals surface area contributed by atoms with Crippen molar-refractivity contribution in [3.8, 4) is 0 Å². The van der Waals surface area contributed by atoms with Crippen LogP contribution >= 0.6 is 12.2 Å². The Morgan fingerprint density at radius 3 is 2.57 bits per heavy atom. The molecule has 0 aromatic heterocycles. The van der Waals surface area contributed by atoms with Gasteiger partial charge in [-0.3, -0.25) is 15.7 Å². The van der Waals surface area contributed by atoms with Crippen LogP contribution in [0, 0.1) is 0 Å². The Balaban J connectivity index is 2.41. The highest BCUT2D eigenvalue weighted by Gasteiger charge is 2.41. The first-order chi connectivity index (χ1) is 6.37. The van der Waals surface area contributed by atoms with E-state index < -0.39 is 5.72 Å². The number of thiocarbonyl (C=S) groups is 1. The zero-order valence-electron chi connectivity index (χ0n) is 8.60. The van der Waals surface area contributed by atoms with Crippen molar-refractivity contribution in [1.82, 2.24) is 21.8 Å². The van der Waals surface area contributed by atoms with Gasteiger partial charge in [-0.05, 0) is 33.0 Å². The molecule has 6 N–H and O–H groups in total. The van der Waals surface area contributed by atoms with Crippen LogP contribution in [-0.4, -0.2) is 16.4 Å². The van der Waals surface area contributed by atoms with Crippen molar-refractivity contribution in [3.05, 3.63) is 0 Å². The van der Waals surface area contributed by atoms with Gasteiger partial charge in [0.25, 0.3) is 0 Å². The zero-order chi connectivity index (χ0) is 10.8. The Bertz CT molecular complexity index is 234. The maximum absolute atomic E-state index is 5.40. The Morgan fingerprint density at radius 2 is 2.14 bits per heavy atom. The highest BCUT2D eigenvalue weighted by molar-refractivity contribution is 7.80.